The lowest BCUT2D eigenvalue weighted by Gasteiger charge is -2.07. The van der Waals surface area contributed by atoms with Gasteiger partial charge in [0.15, 0.2) is 5.69 Å². The molecular weight excluding hydrogens is 580 g/mol. The molecule has 0 aromatic carbocycles. The predicted octanol–water partition coefficient (Wildman–Crippen LogP) is 2.52. The number of aliphatic hydroxyl groups is 1. The van der Waals surface area contributed by atoms with Crippen LogP contribution in [0.1, 0.15) is 27.4 Å². The van der Waals surface area contributed by atoms with Crippen LogP contribution in [0.3, 0.4) is 0 Å². The third-order valence-electron chi connectivity index (χ3n) is 5.61. The van der Waals surface area contributed by atoms with E-state index in [2.05, 4.69) is 50.8 Å². The molecule has 0 unspecified atom stereocenters. The number of hydrogen-bond donors (Lipinski definition) is 5. The topological polar surface area (TPSA) is 233 Å². The molecule has 6 aromatic rings. The molecule has 6 rings (SSSR count). The number of nitrogens with two attached hydrogens (primary N) is 2. The minimum Gasteiger partial charge on any atom is -0.464 e. The zero-order chi connectivity index (χ0) is 29.5. The van der Waals surface area contributed by atoms with Crippen LogP contribution in [-0.2, 0) is 22.8 Å². The largest absolute Gasteiger partial charge is 0.464 e. The van der Waals surface area contributed by atoms with Crippen molar-refractivity contribution in [3.05, 3.63) is 71.3 Å². The van der Waals surface area contributed by atoms with Gasteiger partial charge < -0.3 is 21.3 Å². The number of rotatable bonds is 8. The highest BCUT2D eigenvalue weighted by molar-refractivity contribution is 7.99. The Hall–Kier alpha value is -4.87. The number of H-pyrrole nitrogens is 2. The smallest absolute Gasteiger partial charge is 0.356 e. The van der Waals surface area contributed by atoms with Gasteiger partial charge in [-0.25, -0.2) is 19.7 Å². The Labute approximate surface area is 246 Å². The number of carbonyl (C=O) groups excluding carboxylic acids is 1. The molecule has 17 heteroatoms. The number of aromatic nitrogens is 10. The molecule has 0 saturated carbocycles. The Morgan fingerprint density at radius 2 is 1.48 bits per heavy atom. The van der Waals surface area contributed by atoms with E-state index in [4.69, 9.17) is 21.3 Å². The lowest BCUT2D eigenvalue weighted by molar-refractivity contribution is 0.0593. The fourth-order valence-corrected chi connectivity index (χ4v) is 5.68. The monoisotopic (exact) mass is 604 g/mol. The Bertz CT molecular complexity index is 1840. The van der Waals surface area contributed by atoms with Crippen molar-refractivity contribution in [1.82, 2.24) is 50.8 Å². The minimum absolute atomic E-state index is 0.0613. The van der Waals surface area contributed by atoms with Gasteiger partial charge in [0.2, 0.25) is 11.3 Å². The standard InChI is InChI=1S/C13H12N6O2S.C12H12N6OS/c1-21-13(20)10-7(3-2-4-15-10)6-22-8-5-9(14)16-12-11(8)17-19-18-12;13-10-4-9(11-12(15-10)17-18-16-11)20-6-8-3-1-2-7(5-19)14-8/h2-5H,6H2,1H3,(H3,14,16,17,18,19);1-4,19H,5-6H2,(H3,13,15,16,17,18). The van der Waals surface area contributed by atoms with Crippen molar-refractivity contribution in [3.63, 3.8) is 0 Å². The first-order chi connectivity index (χ1) is 20.4. The van der Waals surface area contributed by atoms with Gasteiger partial charge in [0, 0.05) is 27.5 Å². The average molecular weight is 605 g/mol. The van der Waals surface area contributed by atoms with Crippen LogP contribution in [0.2, 0.25) is 0 Å². The molecule has 0 saturated heterocycles. The maximum atomic E-state index is 11.7. The van der Waals surface area contributed by atoms with Crippen LogP contribution in [0, 0.1) is 0 Å². The van der Waals surface area contributed by atoms with E-state index < -0.39 is 5.97 Å². The average Bonchev–Trinajstić information content (AvgIpc) is 3.68. The van der Waals surface area contributed by atoms with E-state index >= 15 is 0 Å². The molecule has 0 fully saturated rings. The number of nitrogens with one attached hydrogen (secondary N) is 2. The number of anilines is 2. The van der Waals surface area contributed by atoms with Crippen LogP contribution >= 0.6 is 23.5 Å². The first-order valence-electron chi connectivity index (χ1n) is 12.2. The van der Waals surface area contributed by atoms with Gasteiger partial charge in [0.05, 0.1) is 25.1 Å². The second-order valence-corrected chi connectivity index (χ2v) is 10.5. The summed E-state index contributed by atoms with van der Waals surface area (Å²) in [5, 5.41) is 30.1. The van der Waals surface area contributed by atoms with Gasteiger partial charge >= 0.3 is 5.97 Å². The van der Waals surface area contributed by atoms with Crippen LogP contribution < -0.4 is 11.5 Å². The summed E-state index contributed by atoms with van der Waals surface area (Å²) in [6.45, 7) is -0.0613. The van der Waals surface area contributed by atoms with Crippen molar-refractivity contribution >= 4 is 63.5 Å². The van der Waals surface area contributed by atoms with E-state index in [9.17, 15) is 4.79 Å². The van der Waals surface area contributed by atoms with Gasteiger partial charge in [-0.05, 0) is 35.9 Å². The van der Waals surface area contributed by atoms with Crippen molar-refractivity contribution in [2.45, 2.75) is 27.9 Å². The molecule has 0 radical (unpaired) electrons. The Kier molecular flexibility index (Phi) is 9.00. The highest BCUT2D eigenvalue weighted by Gasteiger charge is 2.15. The number of carbonyl (C=O) groups is 1. The molecule has 7 N–H and O–H groups in total. The number of aliphatic hydroxyl groups excluding tert-OH is 1. The number of aromatic amines is 2. The summed E-state index contributed by atoms with van der Waals surface area (Å²) in [5.74, 6) is 1.48. The number of esters is 1. The molecule has 0 aliphatic carbocycles. The van der Waals surface area contributed by atoms with E-state index in [1.807, 2.05) is 18.2 Å². The number of nitrogen functional groups attached to an aromatic ring is 2. The third kappa shape index (κ3) is 6.70. The van der Waals surface area contributed by atoms with Gasteiger partial charge in [-0.1, -0.05) is 12.1 Å². The number of fused-ring (bicyclic) bond motifs is 2. The molecule has 42 heavy (non-hydrogen) atoms. The van der Waals surface area contributed by atoms with Gasteiger partial charge in [0.25, 0.3) is 0 Å². The quantitative estimate of drug-likeness (QED) is 0.124. The normalized spacial score (nSPS) is 10.9. The van der Waals surface area contributed by atoms with E-state index in [1.54, 1.807) is 42.2 Å². The number of nitrogens with zero attached hydrogens (tertiary/aromatic N) is 8. The van der Waals surface area contributed by atoms with Gasteiger partial charge in [0.1, 0.15) is 22.7 Å². The zero-order valence-electron chi connectivity index (χ0n) is 22.1. The van der Waals surface area contributed by atoms with Crippen LogP contribution in [0.5, 0.6) is 0 Å². The summed E-state index contributed by atoms with van der Waals surface area (Å²) in [6.07, 6.45) is 1.56. The second kappa shape index (κ2) is 13.2. The molecule has 0 aliphatic heterocycles. The van der Waals surface area contributed by atoms with Crippen LogP contribution in [0.25, 0.3) is 22.3 Å². The van der Waals surface area contributed by atoms with E-state index in [0.29, 0.717) is 56.9 Å². The highest BCUT2D eigenvalue weighted by Crippen LogP contribution is 2.30. The van der Waals surface area contributed by atoms with Crippen molar-refractivity contribution in [1.29, 1.82) is 0 Å². The summed E-state index contributed by atoms with van der Waals surface area (Å²) >= 11 is 3.03. The highest BCUT2D eigenvalue weighted by atomic mass is 32.2. The van der Waals surface area contributed by atoms with Crippen LogP contribution in [-0.4, -0.2) is 68.9 Å². The van der Waals surface area contributed by atoms with Gasteiger partial charge in [-0.3, -0.25) is 4.98 Å². The first kappa shape index (κ1) is 28.7. The lowest BCUT2D eigenvalue weighted by Crippen LogP contribution is -2.07. The fraction of sp³-hybridized carbons (Fsp3) is 0.160. The molecule has 0 amide bonds. The second-order valence-electron chi connectivity index (χ2n) is 8.44. The van der Waals surface area contributed by atoms with E-state index in [-0.39, 0.29) is 6.61 Å². The Morgan fingerprint density at radius 3 is 2.10 bits per heavy atom. The fourth-order valence-electron chi connectivity index (χ4n) is 3.71. The van der Waals surface area contributed by atoms with Crippen molar-refractivity contribution in [2.24, 2.45) is 0 Å². The molecular formula is C25H24N12O3S2. The first-order valence-corrected chi connectivity index (χ1v) is 14.2. The third-order valence-corrected chi connectivity index (χ3v) is 7.75. The molecule has 0 bridgehead atoms. The van der Waals surface area contributed by atoms with Crippen LogP contribution in [0.15, 0.2) is 58.5 Å². The molecule has 0 spiro atoms. The van der Waals surface area contributed by atoms with E-state index in [1.165, 1.54) is 18.9 Å². The van der Waals surface area contributed by atoms with Crippen LogP contribution in [0.4, 0.5) is 11.6 Å². The molecule has 6 heterocycles. The number of hydrogen-bond acceptors (Lipinski definition) is 15. The Balaban J connectivity index is 0.000000169. The molecule has 214 valence electrons. The summed E-state index contributed by atoms with van der Waals surface area (Å²) in [5.41, 5.74) is 16.4. The number of ether oxygens (including phenoxy) is 1. The number of thioether (sulfide) groups is 2. The van der Waals surface area contributed by atoms with Crippen molar-refractivity contribution in [3.8, 4) is 0 Å². The maximum Gasteiger partial charge on any atom is 0.356 e. The summed E-state index contributed by atoms with van der Waals surface area (Å²) in [7, 11) is 1.33. The Morgan fingerprint density at radius 1 is 0.857 bits per heavy atom. The number of pyridine rings is 4. The van der Waals surface area contributed by atoms with Crippen molar-refractivity contribution in [2.75, 3.05) is 18.6 Å². The summed E-state index contributed by atoms with van der Waals surface area (Å²) in [6, 6.07) is 12.7. The molecule has 0 atom stereocenters. The van der Waals surface area contributed by atoms with E-state index in [0.717, 1.165) is 21.0 Å². The van der Waals surface area contributed by atoms with Crippen molar-refractivity contribution < 1.29 is 14.6 Å². The number of methoxy groups -OCH3 is 1. The van der Waals surface area contributed by atoms with Gasteiger partial charge in [-0.2, -0.15) is 20.6 Å². The molecule has 0 aliphatic rings. The SMILES string of the molecule is COC(=O)c1ncccc1CSc1cc(N)nc2n[nH]nc12.Nc1cc(SCc2cccc(CO)n2)c2n[nH]nc2n1. The summed E-state index contributed by atoms with van der Waals surface area (Å²) < 4.78 is 4.74. The maximum absolute atomic E-state index is 11.7. The predicted molar refractivity (Wildman–Crippen MR) is 157 cm³/mol. The molecule has 6 aromatic heterocycles. The zero-order valence-corrected chi connectivity index (χ0v) is 23.7. The van der Waals surface area contributed by atoms with Gasteiger partial charge in [-0.15, -0.1) is 33.7 Å². The lowest BCUT2D eigenvalue weighted by atomic mass is 10.2. The summed E-state index contributed by atoms with van der Waals surface area (Å²) in [4.78, 5) is 30.0. The molecule has 15 nitrogen and oxygen atoms in total. The minimum atomic E-state index is -0.461.